The molecule has 2 aromatic carbocycles. The second-order valence-electron chi connectivity index (χ2n) is 15.2. The number of halogens is 1. The van der Waals surface area contributed by atoms with E-state index >= 15 is 0 Å². The summed E-state index contributed by atoms with van der Waals surface area (Å²) in [6, 6.07) is 21.7. The predicted octanol–water partition coefficient (Wildman–Crippen LogP) is 8.56. The summed E-state index contributed by atoms with van der Waals surface area (Å²) in [5, 5.41) is 26.6. The number of aromatic nitrogens is 2. The molecule has 0 unspecified atom stereocenters. The minimum absolute atomic E-state index is 0.135. The minimum Gasteiger partial charge on any atom is -0.460 e. The summed E-state index contributed by atoms with van der Waals surface area (Å²) in [6.45, 7) is 12.9. The summed E-state index contributed by atoms with van der Waals surface area (Å²) < 4.78 is 33.4. The van der Waals surface area contributed by atoms with E-state index in [0.29, 0.717) is 62.2 Å². The van der Waals surface area contributed by atoms with Crippen LogP contribution in [0.25, 0.3) is 0 Å². The molecular formula is C42H57IN2O10. The Labute approximate surface area is 338 Å². The maximum absolute atomic E-state index is 12.3. The highest BCUT2D eigenvalue weighted by molar-refractivity contribution is 14.1. The molecule has 0 saturated heterocycles. The average Bonchev–Trinajstić information content (AvgIpc) is 3.76. The van der Waals surface area contributed by atoms with Crippen LogP contribution >= 0.6 is 22.6 Å². The van der Waals surface area contributed by atoms with E-state index in [-0.39, 0.29) is 49.8 Å². The third-order valence-electron chi connectivity index (χ3n) is 7.98. The van der Waals surface area contributed by atoms with E-state index in [4.69, 9.17) is 28.0 Å². The Morgan fingerprint density at radius 1 is 0.709 bits per heavy atom. The van der Waals surface area contributed by atoms with Crippen molar-refractivity contribution in [1.29, 1.82) is 0 Å². The number of hydrogen-bond acceptors (Lipinski definition) is 12. The monoisotopic (exact) mass is 876 g/mol. The van der Waals surface area contributed by atoms with Gasteiger partial charge in [-0.3, -0.25) is 9.59 Å². The highest BCUT2D eigenvalue weighted by atomic mass is 127. The molecule has 0 bridgehead atoms. The largest absolute Gasteiger partial charge is 0.460 e. The topological polar surface area (TPSA) is 164 Å². The van der Waals surface area contributed by atoms with Crippen LogP contribution in [0.1, 0.15) is 126 Å². The van der Waals surface area contributed by atoms with Crippen LogP contribution in [-0.2, 0) is 55.0 Å². The van der Waals surface area contributed by atoms with Crippen LogP contribution in [-0.4, -0.2) is 56.9 Å². The Morgan fingerprint density at radius 3 is 1.64 bits per heavy atom. The van der Waals surface area contributed by atoms with Crippen molar-refractivity contribution in [3.63, 3.8) is 0 Å². The molecule has 0 fully saturated rings. The fourth-order valence-electron chi connectivity index (χ4n) is 5.53. The van der Waals surface area contributed by atoms with E-state index in [2.05, 4.69) is 32.9 Å². The van der Waals surface area contributed by atoms with Gasteiger partial charge in [0.1, 0.15) is 30.1 Å². The molecule has 2 atom stereocenters. The highest BCUT2D eigenvalue weighted by Crippen LogP contribution is 2.31. The molecule has 0 spiro atoms. The molecule has 2 heterocycles. The van der Waals surface area contributed by atoms with Gasteiger partial charge < -0.3 is 38.2 Å². The first-order chi connectivity index (χ1) is 26.2. The van der Waals surface area contributed by atoms with Crippen LogP contribution in [0.3, 0.4) is 0 Å². The lowest BCUT2D eigenvalue weighted by atomic mass is 9.95. The van der Waals surface area contributed by atoms with Gasteiger partial charge >= 0.3 is 11.9 Å². The lowest BCUT2D eigenvalue weighted by Gasteiger charge is -2.21. The first-order valence-corrected chi connectivity index (χ1v) is 19.7. The standard InChI is InChI=1S/C21H28INO5.C21H29NO5/c1-21(2,3)27-18(25)12-16(20-19(22)17(13-24)28-23-20)10-7-11-26-14-15-8-5-4-6-9-15;1-21(2,3)26-20(24)12-17(19-13-18(14-23)27-22-19)10-7-11-25-15-16-8-5-4-6-9-16/h4-6,8-9,16,24H,7,10-14H2,1-3H3;4-6,8-9,13,17,23H,7,10-12,14-15H2,1-3H3/t16-;17-/m00/s1. The number of esters is 2. The number of carbonyl (C=O) groups excluding carboxylic acids is 2. The van der Waals surface area contributed by atoms with Gasteiger partial charge in [-0.05, 0) is 101 Å². The summed E-state index contributed by atoms with van der Waals surface area (Å²) in [7, 11) is 0. The third-order valence-corrected chi connectivity index (χ3v) is 9.13. The molecule has 0 aliphatic rings. The molecule has 2 aromatic heterocycles. The fourth-order valence-corrected chi connectivity index (χ4v) is 6.33. The lowest BCUT2D eigenvalue weighted by molar-refractivity contribution is -0.156. The maximum atomic E-state index is 12.3. The average molecular weight is 877 g/mol. The Hall–Kier alpha value is -3.63. The first kappa shape index (κ1) is 45.8. The number of ether oxygens (including phenoxy) is 4. The Balaban J connectivity index is 0.000000296. The van der Waals surface area contributed by atoms with Gasteiger partial charge in [-0.2, -0.15) is 0 Å². The van der Waals surface area contributed by atoms with Crippen LogP contribution in [0.5, 0.6) is 0 Å². The van der Waals surface area contributed by atoms with Crippen LogP contribution in [0.2, 0.25) is 0 Å². The molecular weight excluding hydrogens is 819 g/mol. The van der Waals surface area contributed by atoms with Crippen molar-refractivity contribution in [2.75, 3.05) is 13.2 Å². The van der Waals surface area contributed by atoms with E-state index < -0.39 is 11.2 Å². The number of carbonyl (C=O) groups is 2. The predicted molar refractivity (Wildman–Crippen MR) is 215 cm³/mol. The molecule has 0 aliphatic heterocycles. The van der Waals surface area contributed by atoms with E-state index in [0.717, 1.165) is 27.5 Å². The molecule has 0 aliphatic carbocycles. The lowest BCUT2D eigenvalue weighted by Crippen LogP contribution is -2.25. The number of hydrogen-bond donors (Lipinski definition) is 2. The third kappa shape index (κ3) is 18.2. The summed E-state index contributed by atoms with van der Waals surface area (Å²) in [5.41, 5.74) is 2.55. The molecule has 0 radical (unpaired) electrons. The van der Waals surface area contributed by atoms with Gasteiger partial charge in [0.05, 0.1) is 35.3 Å². The van der Waals surface area contributed by atoms with Crippen molar-refractivity contribution in [3.05, 3.63) is 104 Å². The molecule has 302 valence electrons. The summed E-state index contributed by atoms with van der Waals surface area (Å²) in [6.07, 6.45) is 3.41. The van der Waals surface area contributed by atoms with Crippen LogP contribution in [0.4, 0.5) is 0 Å². The summed E-state index contributed by atoms with van der Waals surface area (Å²) in [5.74, 6) is -0.0155. The minimum atomic E-state index is -0.534. The van der Waals surface area contributed by atoms with E-state index in [1.165, 1.54) is 0 Å². The van der Waals surface area contributed by atoms with Crippen molar-refractivity contribution in [2.24, 2.45) is 0 Å². The smallest absolute Gasteiger partial charge is 0.306 e. The highest BCUT2D eigenvalue weighted by Gasteiger charge is 2.27. The fraction of sp³-hybridized carbons (Fsp3) is 0.524. The van der Waals surface area contributed by atoms with Crippen LogP contribution < -0.4 is 0 Å². The zero-order chi connectivity index (χ0) is 40.3. The Morgan fingerprint density at radius 2 is 1.20 bits per heavy atom. The quantitative estimate of drug-likeness (QED) is 0.0495. The van der Waals surface area contributed by atoms with Crippen molar-refractivity contribution in [1.82, 2.24) is 10.3 Å². The molecule has 0 amide bonds. The van der Waals surface area contributed by atoms with Crippen molar-refractivity contribution >= 4 is 34.5 Å². The number of rotatable bonds is 20. The number of nitrogens with zero attached hydrogens (tertiary/aromatic N) is 2. The molecule has 2 N–H and O–H groups in total. The van der Waals surface area contributed by atoms with Gasteiger partial charge in [0.25, 0.3) is 0 Å². The molecule has 13 heteroatoms. The summed E-state index contributed by atoms with van der Waals surface area (Å²) >= 11 is 2.10. The van der Waals surface area contributed by atoms with Gasteiger partial charge in [0.2, 0.25) is 0 Å². The molecule has 4 aromatic rings. The van der Waals surface area contributed by atoms with Crippen molar-refractivity contribution in [2.45, 2.75) is 130 Å². The molecule has 12 nitrogen and oxygen atoms in total. The Kier molecular flexibility index (Phi) is 19.5. The molecule has 55 heavy (non-hydrogen) atoms. The first-order valence-electron chi connectivity index (χ1n) is 18.7. The van der Waals surface area contributed by atoms with E-state index in [9.17, 15) is 19.8 Å². The van der Waals surface area contributed by atoms with Gasteiger partial charge in [-0.1, -0.05) is 71.0 Å². The van der Waals surface area contributed by atoms with E-state index in [1.807, 2.05) is 102 Å². The zero-order valence-electron chi connectivity index (χ0n) is 32.9. The second-order valence-corrected chi connectivity index (χ2v) is 16.3. The number of aliphatic hydroxyl groups excluding tert-OH is 2. The van der Waals surface area contributed by atoms with Gasteiger partial charge in [-0.25, -0.2) is 0 Å². The Bertz CT molecular complexity index is 1680. The second kappa shape index (κ2) is 23.4. The summed E-state index contributed by atoms with van der Waals surface area (Å²) in [4.78, 5) is 24.6. The molecule has 0 saturated carbocycles. The SMILES string of the molecule is CC(C)(C)OC(=O)C[C@H](CCCOCc1ccccc1)c1cc(CO)on1.CC(C)(C)OC(=O)C[C@H](CCCOCc1ccccc1)c1noc(CO)c1I. The van der Waals surface area contributed by atoms with Gasteiger partial charge in [0, 0.05) is 31.1 Å². The maximum Gasteiger partial charge on any atom is 0.306 e. The van der Waals surface area contributed by atoms with Gasteiger partial charge in [-0.15, -0.1) is 0 Å². The zero-order valence-corrected chi connectivity index (χ0v) is 35.1. The number of benzene rings is 2. The van der Waals surface area contributed by atoms with E-state index in [1.54, 1.807) is 6.07 Å². The van der Waals surface area contributed by atoms with Crippen LogP contribution in [0.15, 0.2) is 75.8 Å². The molecule has 4 rings (SSSR count). The van der Waals surface area contributed by atoms with Gasteiger partial charge in [0.15, 0.2) is 11.5 Å². The number of aliphatic hydroxyl groups is 2. The van der Waals surface area contributed by atoms with Crippen molar-refractivity contribution in [3.8, 4) is 0 Å². The van der Waals surface area contributed by atoms with Crippen LogP contribution in [0, 0.1) is 3.57 Å². The van der Waals surface area contributed by atoms with Crippen molar-refractivity contribution < 1.29 is 47.8 Å². The normalized spacial score (nSPS) is 12.7.